The standard InChI is InChI=1S/C31H35ClN8O2/c1-38(2)13-14-39(3)27-16-28(42-4)25(15-24(27)35-29(41)11-12-32)36-31-34-18-20(17-33)30(37-31)23-19-40(21-9-10-21)26-8-6-5-7-22(23)26/h5-8,15-16,18-19,21H,9-14H2,1-4H3,(H,35,41)(H,34,36,37). The molecule has 5 rings (SSSR count). The maximum Gasteiger partial charge on any atom is 0.227 e. The molecule has 0 saturated heterocycles. The van der Waals surface area contributed by atoms with E-state index >= 15 is 0 Å². The van der Waals surface area contributed by atoms with Crippen LogP contribution >= 0.6 is 11.6 Å². The van der Waals surface area contributed by atoms with Gasteiger partial charge in [0.05, 0.1) is 41.6 Å². The van der Waals surface area contributed by atoms with E-state index in [1.165, 1.54) is 6.20 Å². The molecule has 1 fully saturated rings. The summed E-state index contributed by atoms with van der Waals surface area (Å²) in [5.74, 6) is 0.888. The zero-order valence-corrected chi connectivity index (χ0v) is 25.1. The molecule has 1 amide bonds. The fourth-order valence-corrected chi connectivity index (χ4v) is 5.09. The SMILES string of the molecule is COc1cc(N(C)CCN(C)C)c(NC(=O)CCCl)cc1Nc1ncc(C#N)c(-c2cn(C3CC3)c3ccccc23)n1. The fraction of sp³-hybridized carbons (Fsp3) is 0.355. The van der Waals surface area contributed by atoms with Crippen molar-refractivity contribution in [3.63, 3.8) is 0 Å². The number of carbonyl (C=O) groups is 1. The molecule has 11 heteroatoms. The summed E-state index contributed by atoms with van der Waals surface area (Å²) in [6.07, 6.45) is 6.10. The second-order valence-corrected chi connectivity index (χ2v) is 11.1. The predicted octanol–water partition coefficient (Wildman–Crippen LogP) is 5.62. The summed E-state index contributed by atoms with van der Waals surface area (Å²) in [7, 11) is 7.59. The largest absolute Gasteiger partial charge is 0.494 e. The van der Waals surface area contributed by atoms with Gasteiger partial charge in [-0.25, -0.2) is 9.97 Å². The lowest BCUT2D eigenvalue weighted by atomic mass is 10.1. The Morgan fingerprint density at radius 1 is 1.19 bits per heavy atom. The highest BCUT2D eigenvalue weighted by Gasteiger charge is 2.27. The summed E-state index contributed by atoms with van der Waals surface area (Å²) in [5.41, 5.74) is 4.93. The van der Waals surface area contributed by atoms with Crippen LogP contribution in [0.3, 0.4) is 0 Å². The minimum atomic E-state index is -0.188. The number of rotatable bonds is 12. The van der Waals surface area contributed by atoms with E-state index in [0.717, 1.165) is 48.1 Å². The minimum Gasteiger partial charge on any atom is -0.494 e. The highest BCUT2D eigenvalue weighted by molar-refractivity contribution is 6.19. The first-order chi connectivity index (χ1) is 20.3. The molecule has 2 heterocycles. The molecule has 1 aliphatic rings. The number of halogens is 1. The van der Waals surface area contributed by atoms with Crippen molar-refractivity contribution in [1.29, 1.82) is 5.26 Å². The Labute approximate surface area is 250 Å². The number of para-hydroxylation sites is 1. The van der Waals surface area contributed by atoms with Crippen molar-refractivity contribution in [3.8, 4) is 23.1 Å². The van der Waals surface area contributed by atoms with Gasteiger partial charge in [0.2, 0.25) is 11.9 Å². The number of hydrogen-bond donors (Lipinski definition) is 2. The third-order valence-corrected chi connectivity index (χ3v) is 7.49. The van der Waals surface area contributed by atoms with E-state index in [9.17, 15) is 10.1 Å². The second kappa shape index (κ2) is 12.7. The van der Waals surface area contributed by atoms with Crippen molar-refractivity contribution in [2.75, 3.05) is 62.8 Å². The lowest BCUT2D eigenvalue weighted by Crippen LogP contribution is -2.29. The van der Waals surface area contributed by atoms with Gasteiger partial charge < -0.3 is 29.7 Å². The molecule has 0 radical (unpaired) electrons. The number of likely N-dealkylation sites (N-methyl/N-ethyl adjacent to an activating group) is 2. The monoisotopic (exact) mass is 586 g/mol. The quantitative estimate of drug-likeness (QED) is 0.206. The van der Waals surface area contributed by atoms with Gasteiger partial charge in [0, 0.05) is 67.2 Å². The van der Waals surface area contributed by atoms with Crippen LogP contribution in [-0.2, 0) is 4.79 Å². The van der Waals surface area contributed by atoms with Gasteiger partial charge in [0.15, 0.2) is 0 Å². The van der Waals surface area contributed by atoms with E-state index in [-0.39, 0.29) is 18.2 Å². The number of anilines is 4. The van der Waals surface area contributed by atoms with Crippen molar-refractivity contribution in [3.05, 3.63) is 54.4 Å². The summed E-state index contributed by atoms with van der Waals surface area (Å²) < 4.78 is 8.03. The maximum atomic E-state index is 12.6. The predicted molar refractivity (Wildman–Crippen MR) is 168 cm³/mol. The van der Waals surface area contributed by atoms with Crippen LogP contribution in [0.1, 0.15) is 30.9 Å². The van der Waals surface area contributed by atoms with E-state index < -0.39 is 0 Å². The number of nitriles is 1. The number of ether oxygens (including phenoxy) is 1. The topological polar surface area (TPSA) is 111 Å². The highest BCUT2D eigenvalue weighted by atomic mass is 35.5. The van der Waals surface area contributed by atoms with Gasteiger partial charge in [-0.1, -0.05) is 18.2 Å². The Kier molecular flexibility index (Phi) is 8.80. The summed E-state index contributed by atoms with van der Waals surface area (Å²) >= 11 is 5.83. The normalized spacial score (nSPS) is 12.8. The lowest BCUT2D eigenvalue weighted by Gasteiger charge is -2.26. The molecule has 2 N–H and O–H groups in total. The number of alkyl halides is 1. The van der Waals surface area contributed by atoms with Crippen LogP contribution in [0.5, 0.6) is 5.75 Å². The Morgan fingerprint density at radius 3 is 2.67 bits per heavy atom. The Bertz CT molecular complexity index is 1640. The molecule has 0 bridgehead atoms. The van der Waals surface area contributed by atoms with Crippen LogP contribution in [0.25, 0.3) is 22.2 Å². The number of hydrogen-bond acceptors (Lipinski definition) is 8. The van der Waals surface area contributed by atoms with Crippen molar-refractivity contribution < 1.29 is 9.53 Å². The molecule has 2 aromatic carbocycles. The van der Waals surface area contributed by atoms with Gasteiger partial charge in [-0.15, -0.1) is 11.6 Å². The molecule has 4 aromatic rings. The molecule has 0 atom stereocenters. The zero-order chi connectivity index (χ0) is 29.8. The first kappa shape index (κ1) is 29.2. The van der Waals surface area contributed by atoms with Gasteiger partial charge in [-0.3, -0.25) is 4.79 Å². The Morgan fingerprint density at radius 2 is 1.98 bits per heavy atom. The smallest absolute Gasteiger partial charge is 0.227 e. The minimum absolute atomic E-state index is 0.188. The molecule has 0 aliphatic heterocycles. The Hall–Kier alpha value is -4.33. The number of methoxy groups -OCH3 is 1. The molecule has 42 heavy (non-hydrogen) atoms. The van der Waals surface area contributed by atoms with Crippen LogP contribution in [0.15, 0.2) is 48.8 Å². The maximum absolute atomic E-state index is 12.6. The molecule has 10 nitrogen and oxygen atoms in total. The Balaban J connectivity index is 1.54. The van der Waals surface area contributed by atoms with Crippen LogP contribution in [0.2, 0.25) is 0 Å². The lowest BCUT2D eigenvalue weighted by molar-refractivity contribution is -0.115. The molecule has 218 valence electrons. The third-order valence-electron chi connectivity index (χ3n) is 7.30. The van der Waals surface area contributed by atoms with E-state index in [0.29, 0.717) is 40.4 Å². The average molecular weight is 587 g/mol. The molecular formula is C31H35ClN8O2. The average Bonchev–Trinajstić information content (AvgIpc) is 3.76. The number of nitrogens with zero attached hydrogens (tertiary/aromatic N) is 6. The second-order valence-electron chi connectivity index (χ2n) is 10.7. The van der Waals surface area contributed by atoms with Crippen LogP contribution < -0.4 is 20.3 Å². The van der Waals surface area contributed by atoms with Gasteiger partial charge >= 0.3 is 0 Å². The summed E-state index contributed by atoms with van der Waals surface area (Å²) in [5, 5.41) is 17.2. The van der Waals surface area contributed by atoms with Crippen molar-refractivity contribution in [2.45, 2.75) is 25.3 Å². The van der Waals surface area contributed by atoms with Gasteiger partial charge in [-0.2, -0.15) is 5.26 Å². The van der Waals surface area contributed by atoms with E-state index in [1.807, 2.05) is 45.4 Å². The number of amides is 1. The zero-order valence-electron chi connectivity index (χ0n) is 24.3. The van der Waals surface area contributed by atoms with Crippen molar-refractivity contribution >= 4 is 51.4 Å². The van der Waals surface area contributed by atoms with Crippen LogP contribution in [0, 0.1) is 11.3 Å². The third kappa shape index (κ3) is 6.27. The van der Waals surface area contributed by atoms with Crippen molar-refractivity contribution in [2.24, 2.45) is 0 Å². The molecular weight excluding hydrogens is 552 g/mol. The van der Waals surface area contributed by atoms with Crippen molar-refractivity contribution in [1.82, 2.24) is 19.4 Å². The van der Waals surface area contributed by atoms with Crippen LogP contribution in [-0.4, -0.2) is 72.6 Å². The summed E-state index contributed by atoms with van der Waals surface area (Å²) in [6.45, 7) is 1.56. The first-order valence-corrected chi connectivity index (χ1v) is 14.4. The summed E-state index contributed by atoms with van der Waals surface area (Å²) in [4.78, 5) is 26.0. The highest BCUT2D eigenvalue weighted by Crippen LogP contribution is 2.42. The summed E-state index contributed by atoms with van der Waals surface area (Å²) in [6, 6.07) is 14.6. The van der Waals surface area contributed by atoms with E-state index in [1.54, 1.807) is 7.11 Å². The molecule has 1 aliphatic carbocycles. The number of aromatic nitrogens is 3. The fourth-order valence-electron chi connectivity index (χ4n) is 4.92. The number of carbonyl (C=O) groups excluding carboxylic acids is 1. The van der Waals surface area contributed by atoms with Crippen LogP contribution in [0.4, 0.5) is 23.0 Å². The molecule has 1 saturated carbocycles. The first-order valence-electron chi connectivity index (χ1n) is 13.9. The van der Waals surface area contributed by atoms with Gasteiger partial charge in [0.25, 0.3) is 0 Å². The number of nitrogens with one attached hydrogen (secondary N) is 2. The number of benzene rings is 2. The molecule has 0 unspecified atom stereocenters. The van der Waals surface area contributed by atoms with Gasteiger partial charge in [0.1, 0.15) is 11.8 Å². The van der Waals surface area contributed by atoms with E-state index in [2.05, 4.69) is 54.4 Å². The van der Waals surface area contributed by atoms with E-state index in [4.69, 9.17) is 21.3 Å². The van der Waals surface area contributed by atoms with Gasteiger partial charge in [-0.05, 0) is 39.1 Å². The number of fused-ring (bicyclic) bond motifs is 1. The molecule has 0 spiro atoms. The molecule has 2 aromatic heterocycles.